The van der Waals surface area contributed by atoms with Crippen molar-refractivity contribution >= 4 is 5.91 Å². The Kier molecular flexibility index (Phi) is 4.75. The molecule has 0 bridgehead atoms. The summed E-state index contributed by atoms with van der Waals surface area (Å²) in [6, 6.07) is 4.68. The fourth-order valence-corrected chi connectivity index (χ4v) is 2.44. The van der Waals surface area contributed by atoms with Crippen LogP contribution in [0.1, 0.15) is 25.3 Å². The second kappa shape index (κ2) is 6.37. The van der Waals surface area contributed by atoms with Gasteiger partial charge >= 0.3 is 6.18 Å². The number of carbonyl (C=O) groups excluding carboxylic acids is 1. The van der Waals surface area contributed by atoms with Gasteiger partial charge in [0.25, 0.3) is 0 Å². The molecule has 1 amide bonds. The minimum atomic E-state index is -4.33. The molecule has 6 heteroatoms. The maximum atomic E-state index is 12.4. The third-order valence-corrected chi connectivity index (χ3v) is 3.63. The molecule has 1 atom stereocenters. The fourth-order valence-electron chi connectivity index (χ4n) is 2.44. The lowest BCUT2D eigenvalue weighted by Crippen LogP contribution is -2.40. The van der Waals surface area contributed by atoms with Crippen molar-refractivity contribution in [1.29, 1.82) is 0 Å². The SMILES string of the molecule is CC(=O)N1CCCC(COc2ccc(C(F)(F)F)cc2)C1. The summed E-state index contributed by atoms with van der Waals surface area (Å²) in [6.07, 6.45) is -2.44. The second-order valence-corrected chi connectivity index (χ2v) is 5.31. The van der Waals surface area contributed by atoms with Gasteiger partial charge in [-0.3, -0.25) is 4.79 Å². The first-order valence-electron chi connectivity index (χ1n) is 6.92. The minimum absolute atomic E-state index is 0.0502. The lowest BCUT2D eigenvalue weighted by atomic mass is 9.99. The van der Waals surface area contributed by atoms with Gasteiger partial charge in [-0.25, -0.2) is 0 Å². The van der Waals surface area contributed by atoms with Crippen LogP contribution in [-0.4, -0.2) is 30.5 Å². The van der Waals surface area contributed by atoms with Crippen molar-refractivity contribution in [2.75, 3.05) is 19.7 Å². The van der Waals surface area contributed by atoms with Crippen molar-refractivity contribution < 1.29 is 22.7 Å². The number of alkyl halides is 3. The summed E-state index contributed by atoms with van der Waals surface area (Å²) < 4.78 is 42.8. The number of nitrogens with zero attached hydrogens (tertiary/aromatic N) is 1. The number of hydrogen-bond donors (Lipinski definition) is 0. The van der Waals surface area contributed by atoms with E-state index < -0.39 is 11.7 Å². The monoisotopic (exact) mass is 301 g/mol. The first kappa shape index (κ1) is 15.7. The Hall–Kier alpha value is -1.72. The molecule has 1 aliphatic rings. The van der Waals surface area contributed by atoms with Gasteiger partial charge in [-0.05, 0) is 37.1 Å². The molecule has 0 spiro atoms. The molecule has 1 aliphatic heterocycles. The maximum Gasteiger partial charge on any atom is 0.416 e. The minimum Gasteiger partial charge on any atom is -0.493 e. The van der Waals surface area contributed by atoms with Crippen LogP contribution in [0.2, 0.25) is 0 Å². The fraction of sp³-hybridized carbons (Fsp3) is 0.533. The van der Waals surface area contributed by atoms with Crippen LogP contribution >= 0.6 is 0 Å². The summed E-state index contributed by atoms with van der Waals surface area (Å²) in [7, 11) is 0. The lowest BCUT2D eigenvalue weighted by Gasteiger charge is -2.31. The summed E-state index contributed by atoms with van der Waals surface area (Å²) in [4.78, 5) is 13.1. The highest BCUT2D eigenvalue weighted by Gasteiger charge is 2.30. The van der Waals surface area contributed by atoms with E-state index in [1.807, 2.05) is 0 Å². The third kappa shape index (κ3) is 4.37. The molecule has 1 saturated heterocycles. The molecular formula is C15H18F3NO2. The summed E-state index contributed by atoms with van der Waals surface area (Å²) in [5, 5.41) is 0. The van der Waals surface area contributed by atoms with Gasteiger partial charge in [0.15, 0.2) is 0 Å². The van der Waals surface area contributed by atoms with Gasteiger partial charge in [0.05, 0.1) is 12.2 Å². The van der Waals surface area contributed by atoms with Gasteiger partial charge in [0.1, 0.15) is 5.75 Å². The van der Waals surface area contributed by atoms with Crippen LogP contribution in [0, 0.1) is 5.92 Å². The summed E-state index contributed by atoms with van der Waals surface area (Å²) >= 11 is 0. The molecule has 2 rings (SSSR count). The smallest absolute Gasteiger partial charge is 0.416 e. The van der Waals surface area contributed by atoms with Crippen molar-refractivity contribution in [1.82, 2.24) is 4.90 Å². The van der Waals surface area contributed by atoms with Crippen molar-refractivity contribution in [2.24, 2.45) is 5.92 Å². The number of ether oxygens (including phenoxy) is 1. The Morgan fingerprint density at radius 1 is 1.33 bits per heavy atom. The Balaban J connectivity index is 1.87. The normalized spacial score (nSPS) is 19.4. The van der Waals surface area contributed by atoms with Crippen LogP contribution in [0.4, 0.5) is 13.2 Å². The Bertz CT molecular complexity index is 485. The molecule has 0 aromatic heterocycles. The number of benzene rings is 1. The van der Waals surface area contributed by atoms with Gasteiger partial charge in [0.2, 0.25) is 5.91 Å². The highest BCUT2D eigenvalue weighted by Crippen LogP contribution is 2.30. The summed E-state index contributed by atoms with van der Waals surface area (Å²) in [6.45, 7) is 3.37. The van der Waals surface area contributed by atoms with E-state index in [4.69, 9.17) is 4.74 Å². The van der Waals surface area contributed by atoms with Gasteiger partial charge in [0, 0.05) is 25.9 Å². The molecule has 1 unspecified atom stereocenters. The topological polar surface area (TPSA) is 29.5 Å². The third-order valence-electron chi connectivity index (χ3n) is 3.63. The van der Waals surface area contributed by atoms with Crippen LogP contribution in [0.15, 0.2) is 24.3 Å². The Morgan fingerprint density at radius 3 is 2.57 bits per heavy atom. The number of hydrogen-bond acceptors (Lipinski definition) is 2. The molecule has 1 fully saturated rings. The van der Waals surface area contributed by atoms with E-state index in [1.54, 1.807) is 11.8 Å². The van der Waals surface area contributed by atoms with E-state index in [1.165, 1.54) is 12.1 Å². The predicted molar refractivity (Wildman–Crippen MR) is 71.9 cm³/mol. The molecule has 0 N–H and O–H groups in total. The maximum absolute atomic E-state index is 12.4. The largest absolute Gasteiger partial charge is 0.493 e. The molecule has 0 radical (unpaired) electrons. The van der Waals surface area contributed by atoms with Crippen LogP contribution in [-0.2, 0) is 11.0 Å². The number of likely N-dealkylation sites (tertiary alicyclic amines) is 1. The van der Waals surface area contributed by atoms with E-state index >= 15 is 0 Å². The first-order chi connectivity index (χ1) is 9.86. The molecule has 21 heavy (non-hydrogen) atoms. The van der Waals surface area contributed by atoms with Gasteiger partial charge in [-0.2, -0.15) is 13.2 Å². The second-order valence-electron chi connectivity index (χ2n) is 5.31. The van der Waals surface area contributed by atoms with Gasteiger partial charge < -0.3 is 9.64 Å². The van der Waals surface area contributed by atoms with Crippen LogP contribution < -0.4 is 4.74 Å². The standard InChI is InChI=1S/C15H18F3NO2/c1-11(20)19-8-2-3-12(9-19)10-21-14-6-4-13(5-7-14)15(16,17)18/h4-7,12H,2-3,8-10H2,1H3. The quantitative estimate of drug-likeness (QED) is 0.857. The molecule has 116 valence electrons. The zero-order valence-corrected chi connectivity index (χ0v) is 11.8. The molecule has 1 heterocycles. The van der Waals surface area contributed by atoms with E-state index in [2.05, 4.69) is 0 Å². The van der Waals surface area contributed by atoms with Crippen molar-refractivity contribution in [3.05, 3.63) is 29.8 Å². The van der Waals surface area contributed by atoms with Crippen molar-refractivity contribution in [2.45, 2.75) is 25.9 Å². The van der Waals surface area contributed by atoms with Crippen LogP contribution in [0.5, 0.6) is 5.75 Å². The highest BCUT2D eigenvalue weighted by molar-refractivity contribution is 5.73. The molecule has 3 nitrogen and oxygen atoms in total. The zero-order valence-electron chi connectivity index (χ0n) is 11.8. The number of piperidine rings is 1. The zero-order chi connectivity index (χ0) is 15.5. The highest BCUT2D eigenvalue weighted by atomic mass is 19.4. The van der Waals surface area contributed by atoms with Gasteiger partial charge in [-0.15, -0.1) is 0 Å². The summed E-state index contributed by atoms with van der Waals surface area (Å²) in [5.74, 6) is 0.696. The predicted octanol–water partition coefficient (Wildman–Crippen LogP) is 3.34. The molecule has 0 aliphatic carbocycles. The van der Waals surface area contributed by atoms with E-state index in [9.17, 15) is 18.0 Å². The van der Waals surface area contributed by atoms with E-state index in [0.29, 0.717) is 18.9 Å². The van der Waals surface area contributed by atoms with E-state index in [0.717, 1.165) is 31.5 Å². The number of carbonyl (C=O) groups is 1. The Morgan fingerprint density at radius 2 is 2.00 bits per heavy atom. The van der Waals surface area contributed by atoms with Crippen molar-refractivity contribution in [3.63, 3.8) is 0 Å². The van der Waals surface area contributed by atoms with Crippen LogP contribution in [0.3, 0.4) is 0 Å². The lowest BCUT2D eigenvalue weighted by molar-refractivity contribution is -0.137. The van der Waals surface area contributed by atoms with Crippen molar-refractivity contribution in [3.8, 4) is 5.75 Å². The first-order valence-corrected chi connectivity index (χ1v) is 6.92. The molecule has 1 aromatic rings. The molecule has 0 saturated carbocycles. The molecular weight excluding hydrogens is 283 g/mol. The number of rotatable bonds is 3. The van der Waals surface area contributed by atoms with Crippen LogP contribution in [0.25, 0.3) is 0 Å². The number of amides is 1. The Labute approximate surface area is 121 Å². The molecule has 1 aromatic carbocycles. The summed E-state index contributed by atoms with van der Waals surface area (Å²) in [5.41, 5.74) is -0.685. The van der Waals surface area contributed by atoms with Gasteiger partial charge in [-0.1, -0.05) is 0 Å². The average molecular weight is 301 g/mol. The average Bonchev–Trinajstić information content (AvgIpc) is 2.45. The van der Waals surface area contributed by atoms with E-state index in [-0.39, 0.29) is 11.8 Å². The number of halogens is 3.